The summed E-state index contributed by atoms with van der Waals surface area (Å²) in [6.07, 6.45) is 0. The molecule has 4 heterocycles. The van der Waals surface area contributed by atoms with Gasteiger partial charge in [0.2, 0.25) is 0 Å². The Kier molecular flexibility index (Phi) is 9.62. The average Bonchev–Trinajstić information content (AvgIpc) is 4.31. The van der Waals surface area contributed by atoms with Gasteiger partial charge in [0.15, 0.2) is 0 Å². The van der Waals surface area contributed by atoms with Gasteiger partial charge in [-0.3, -0.25) is 0 Å². The van der Waals surface area contributed by atoms with E-state index in [2.05, 4.69) is 279 Å². The Labute approximate surface area is 442 Å². The number of rotatable bonds is 8. The normalized spacial score (nSPS) is 12.1. The number of hydrogen-bond donors (Lipinski definition) is 0. The minimum atomic E-state index is 1.12. The van der Waals surface area contributed by atoms with Crippen molar-refractivity contribution < 1.29 is 0 Å². The lowest BCUT2D eigenvalue weighted by Gasteiger charge is -2.27. The molecule has 11 aromatic carbocycles. The third kappa shape index (κ3) is 6.37. The minimum absolute atomic E-state index is 1.12. The molecule has 4 heteroatoms. The summed E-state index contributed by atoms with van der Waals surface area (Å²) in [7, 11) is 0. The summed E-state index contributed by atoms with van der Waals surface area (Å²) < 4.78 is 5.27. The largest absolute Gasteiger partial charge is 0.310 e. The number of aryl methyl sites for hydroxylation is 6. The molecule has 4 aromatic heterocycles. The maximum absolute atomic E-state index is 2.64. The number of aromatic nitrogens is 2. The van der Waals surface area contributed by atoms with Crippen molar-refractivity contribution >= 4 is 110 Å². The van der Waals surface area contributed by atoms with Crippen LogP contribution in [-0.4, -0.2) is 8.80 Å². The summed E-state index contributed by atoms with van der Waals surface area (Å²) in [5.74, 6) is 0. The van der Waals surface area contributed by atoms with E-state index in [1.54, 1.807) is 0 Å². The molecule has 0 atom stereocenters. The zero-order chi connectivity index (χ0) is 51.1. The number of nitrogens with zero attached hydrogens (tertiary/aromatic N) is 4. The smallest absolute Gasteiger partial charge is 0.0634 e. The van der Waals surface area contributed by atoms with Crippen LogP contribution in [0.4, 0.5) is 34.1 Å². The molecule has 0 spiro atoms. The van der Waals surface area contributed by atoms with Gasteiger partial charge in [0, 0.05) is 88.3 Å². The van der Waals surface area contributed by atoms with E-state index in [9.17, 15) is 0 Å². The predicted molar refractivity (Wildman–Crippen MR) is 324 cm³/mol. The Morgan fingerprint density at radius 1 is 0.276 bits per heavy atom. The summed E-state index contributed by atoms with van der Waals surface area (Å²) in [6.45, 7) is 13.2. The van der Waals surface area contributed by atoms with Gasteiger partial charge in [0.05, 0.1) is 33.1 Å². The minimum Gasteiger partial charge on any atom is -0.310 e. The van der Waals surface area contributed by atoms with Gasteiger partial charge in [-0.05, 0) is 124 Å². The lowest BCUT2D eigenvalue weighted by atomic mass is 9.89. The first-order chi connectivity index (χ1) is 37.2. The second-order valence-electron chi connectivity index (χ2n) is 21.3. The van der Waals surface area contributed by atoms with E-state index in [1.165, 1.54) is 143 Å². The number of anilines is 6. The number of para-hydroxylation sites is 2. The van der Waals surface area contributed by atoms with Crippen LogP contribution in [0.3, 0.4) is 0 Å². The van der Waals surface area contributed by atoms with Gasteiger partial charge in [0.1, 0.15) is 0 Å². The molecule has 15 aromatic rings. The fraction of sp³-hybridized carbons (Fsp3) is 0.0833. The zero-order valence-electron chi connectivity index (χ0n) is 43.6. The van der Waals surface area contributed by atoms with Crippen LogP contribution in [0.5, 0.6) is 0 Å². The molecule has 0 bridgehead atoms. The molecule has 15 rings (SSSR count). The van der Waals surface area contributed by atoms with Gasteiger partial charge < -0.3 is 18.6 Å². The lowest BCUT2D eigenvalue weighted by Crippen LogP contribution is -2.11. The van der Waals surface area contributed by atoms with E-state index in [1.807, 2.05) is 0 Å². The van der Waals surface area contributed by atoms with Gasteiger partial charge in [-0.25, -0.2) is 0 Å². The molecule has 0 saturated carbocycles. The SMILES string of the molecule is Cc1ccc(N(c2ccc3c4cccc5c6c(-c7ccccc7)c7c(c(-c8ccccc8)c6n(c3c2)c45)c2cccc3c4ccc(N(c5ccc(C)cc5)c5ccc(C)cc5C)cc4n7c32)c2ccc(C)cc2C)cc1. The Morgan fingerprint density at radius 3 is 1.04 bits per heavy atom. The molecule has 0 fully saturated rings. The molecule has 0 N–H and O–H groups in total. The number of fused-ring (bicyclic) bond motifs is 12. The van der Waals surface area contributed by atoms with E-state index in [0.29, 0.717) is 0 Å². The van der Waals surface area contributed by atoms with Crippen LogP contribution < -0.4 is 9.80 Å². The molecule has 0 aliphatic rings. The average molecular weight is 975 g/mol. The van der Waals surface area contributed by atoms with Crippen LogP contribution in [0.25, 0.3) is 98.4 Å². The van der Waals surface area contributed by atoms with Crippen molar-refractivity contribution in [3.8, 4) is 22.3 Å². The van der Waals surface area contributed by atoms with Gasteiger partial charge in [-0.1, -0.05) is 180 Å². The van der Waals surface area contributed by atoms with Gasteiger partial charge in [-0.2, -0.15) is 0 Å². The predicted octanol–water partition coefficient (Wildman–Crippen LogP) is 20.1. The highest BCUT2D eigenvalue weighted by atomic mass is 15.2. The molecule has 0 radical (unpaired) electrons. The highest BCUT2D eigenvalue weighted by Gasteiger charge is 2.31. The van der Waals surface area contributed by atoms with Crippen molar-refractivity contribution in [3.05, 3.63) is 252 Å². The van der Waals surface area contributed by atoms with Crippen molar-refractivity contribution in [1.82, 2.24) is 8.80 Å². The Bertz CT molecular complexity index is 4480. The summed E-state index contributed by atoms with van der Waals surface area (Å²) in [4.78, 5) is 4.89. The van der Waals surface area contributed by atoms with E-state index >= 15 is 0 Å². The van der Waals surface area contributed by atoms with E-state index < -0.39 is 0 Å². The lowest BCUT2D eigenvalue weighted by molar-refractivity contribution is 1.23. The van der Waals surface area contributed by atoms with Crippen LogP contribution in [0.1, 0.15) is 33.4 Å². The fourth-order valence-electron chi connectivity index (χ4n) is 13.1. The van der Waals surface area contributed by atoms with Gasteiger partial charge >= 0.3 is 0 Å². The highest BCUT2D eigenvalue weighted by Crippen LogP contribution is 2.55. The van der Waals surface area contributed by atoms with E-state index in [4.69, 9.17) is 0 Å². The number of benzene rings is 11. The maximum Gasteiger partial charge on any atom is 0.0634 e. The Hall–Kier alpha value is -9.38. The molecule has 0 aliphatic heterocycles. The van der Waals surface area contributed by atoms with Crippen LogP contribution in [-0.2, 0) is 0 Å². The topological polar surface area (TPSA) is 15.3 Å². The second-order valence-corrected chi connectivity index (χ2v) is 21.3. The monoisotopic (exact) mass is 974 g/mol. The number of hydrogen-bond acceptors (Lipinski definition) is 2. The highest BCUT2D eigenvalue weighted by molar-refractivity contribution is 6.38. The Morgan fingerprint density at radius 2 is 0.645 bits per heavy atom. The van der Waals surface area contributed by atoms with Crippen molar-refractivity contribution in [2.45, 2.75) is 41.5 Å². The van der Waals surface area contributed by atoms with Crippen molar-refractivity contribution in [2.24, 2.45) is 0 Å². The quantitative estimate of drug-likeness (QED) is 0.151. The first kappa shape index (κ1) is 44.1. The molecule has 4 nitrogen and oxygen atoms in total. The summed E-state index contributed by atoms with van der Waals surface area (Å²) in [6, 6.07) is 82.2. The van der Waals surface area contributed by atoms with Crippen LogP contribution >= 0.6 is 0 Å². The molecule has 0 unspecified atom stereocenters. The Balaban J connectivity index is 1.12. The van der Waals surface area contributed by atoms with E-state index in [-0.39, 0.29) is 0 Å². The van der Waals surface area contributed by atoms with Crippen molar-refractivity contribution in [3.63, 3.8) is 0 Å². The third-order valence-electron chi connectivity index (χ3n) is 16.4. The second kappa shape index (κ2) is 16.6. The summed E-state index contributed by atoms with van der Waals surface area (Å²) in [5.41, 5.74) is 26.5. The van der Waals surface area contributed by atoms with Crippen LogP contribution in [0, 0.1) is 41.5 Å². The molecule has 0 amide bonds. The van der Waals surface area contributed by atoms with Gasteiger partial charge in [0.25, 0.3) is 0 Å². The molecular weight excluding hydrogens is 921 g/mol. The third-order valence-corrected chi connectivity index (χ3v) is 16.4. The van der Waals surface area contributed by atoms with Crippen molar-refractivity contribution in [2.75, 3.05) is 9.80 Å². The summed E-state index contributed by atoms with van der Waals surface area (Å²) >= 11 is 0. The maximum atomic E-state index is 2.64. The standard InChI is InChI=1S/C72H54N4/c1-43-23-29-51(30-24-43)73(61-37-27-45(3)39-47(61)5)53-33-35-55-57-19-13-21-59-67-66(50-17-11-8-12-18-50)72-68(65(49-15-9-7-10-16-49)71(67)75(69(57)59)63(55)41-53)60-22-14-20-58-56-36-34-54(42-64(56)76(72)70(58)60)74(52-31-25-44(2)26-32-52)62-38-28-46(4)40-48(62)6/h7-42H,1-6H3. The van der Waals surface area contributed by atoms with Crippen molar-refractivity contribution in [1.29, 1.82) is 0 Å². The zero-order valence-corrected chi connectivity index (χ0v) is 43.6. The molecule has 0 aliphatic carbocycles. The van der Waals surface area contributed by atoms with E-state index in [0.717, 1.165) is 22.7 Å². The first-order valence-corrected chi connectivity index (χ1v) is 26.6. The molecular formula is C72H54N4. The molecule has 0 saturated heterocycles. The molecule has 362 valence electrons. The van der Waals surface area contributed by atoms with Gasteiger partial charge in [-0.15, -0.1) is 0 Å². The van der Waals surface area contributed by atoms with Crippen LogP contribution in [0.2, 0.25) is 0 Å². The van der Waals surface area contributed by atoms with Crippen LogP contribution in [0.15, 0.2) is 218 Å². The molecule has 76 heavy (non-hydrogen) atoms. The first-order valence-electron chi connectivity index (χ1n) is 26.6. The fourth-order valence-corrected chi connectivity index (χ4v) is 13.1. The summed E-state index contributed by atoms with van der Waals surface area (Å²) in [5, 5.41) is 10.0.